The van der Waals surface area contributed by atoms with Crippen molar-refractivity contribution in [2.75, 3.05) is 7.11 Å². The van der Waals surface area contributed by atoms with Gasteiger partial charge in [-0.15, -0.1) is 0 Å². The third kappa shape index (κ3) is 2.12. The Morgan fingerprint density at radius 1 is 1.15 bits per heavy atom. The largest absolute Gasteiger partial charge is 0.497 e. The van der Waals surface area contributed by atoms with E-state index in [2.05, 4.69) is 15.9 Å². The van der Waals surface area contributed by atoms with E-state index in [0.717, 1.165) is 27.5 Å². The van der Waals surface area contributed by atoms with Gasteiger partial charge in [0, 0.05) is 15.4 Å². The minimum Gasteiger partial charge on any atom is -0.497 e. The Hall–Kier alpha value is -2.07. The number of rotatable bonds is 3. The predicted octanol–water partition coefficient (Wildman–Crippen LogP) is 4.68. The molecule has 100 valence electrons. The number of furan rings is 1. The number of hydrogen-bond donors (Lipinski definition) is 0. The summed E-state index contributed by atoms with van der Waals surface area (Å²) in [6.07, 6.45) is 0.831. The molecule has 0 N–H and O–H groups in total. The van der Waals surface area contributed by atoms with Crippen molar-refractivity contribution >= 4 is 33.2 Å². The van der Waals surface area contributed by atoms with Gasteiger partial charge in [0.1, 0.15) is 17.1 Å². The van der Waals surface area contributed by atoms with Crippen LogP contribution in [0.1, 0.15) is 10.4 Å². The van der Waals surface area contributed by atoms with Crippen LogP contribution in [0, 0.1) is 0 Å². The van der Waals surface area contributed by atoms with E-state index in [1.165, 1.54) is 0 Å². The summed E-state index contributed by atoms with van der Waals surface area (Å²) in [6.45, 7) is 0. The lowest BCUT2D eigenvalue weighted by molar-refractivity contribution is 0.112. The molecule has 0 saturated carbocycles. The van der Waals surface area contributed by atoms with Crippen LogP contribution in [0.25, 0.3) is 22.3 Å². The molecule has 0 amide bonds. The molecule has 0 atom stereocenters. The smallest absolute Gasteiger partial charge is 0.154 e. The molecule has 2 aromatic carbocycles. The Morgan fingerprint density at radius 2 is 1.90 bits per heavy atom. The van der Waals surface area contributed by atoms with Crippen LogP contribution in [0.5, 0.6) is 5.75 Å². The first-order chi connectivity index (χ1) is 9.72. The average Bonchev–Trinajstić information content (AvgIpc) is 2.85. The lowest BCUT2D eigenvalue weighted by Crippen LogP contribution is -1.84. The number of carbonyl (C=O) groups excluding carboxylic acids is 1. The molecule has 0 aliphatic carbocycles. The van der Waals surface area contributed by atoms with E-state index < -0.39 is 0 Å². The summed E-state index contributed by atoms with van der Waals surface area (Å²) in [5.41, 5.74) is 2.10. The first-order valence-corrected chi connectivity index (χ1v) is 6.84. The summed E-state index contributed by atoms with van der Waals surface area (Å²) in [7, 11) is 1.62. The molecule has 20 heavy (non-hydrogen) atoms. The molecule has 0 unspecified atom stereocenters. The van der Waals surface area contributed by atoms with Gasteiger partial charge in [-0.1, -0.05) is 15.9 Å². The molecule has 4 heteroatoms. The summed E-state index contributed by atoms with van der Waals surface area (Å²) < 4.78 is 11.9. The Labute approximate surface area is 124 Å². The Kier molecular flexibility index (Phi) is 3.32. The summed E-state index contributed by atoms with van der Waals surface area (Å²) in [4.78, 5) is 11.4. The van der Waals surface area contributed by atoms with Gasteiger partial charge in [-0.05, 0) is 42.5 Å². The average molecular weight is 331 g/mol. The molecule has 3 rings (SSSR count). The van der Waals surface area contributed by atoms with Crippen LogP contribution in [0.4, 0.5) is 0 Å². The molecule has 3 nitrogen and oxygen atoms in total. The lowest BCUT2D eigenvalue weighted by atomic mass is 10.1. The van der Waals surface area contributed by atoms with Crippen LogP contribution >= 0.6 is 15.9 Å². The van der Waals surface area contributed by atoms with Gasteiger partial charge in [-0.2, -0.15) is 0 Å². The third-order valence-corrected chi connectivity index (χ3v) is 3.65. The number of carbonyl (C=O) groups is 1. The maximum Gasteiger partial charge on any atom is 0.154 e. The van der Waals surface area contributed by atoms with E-state index in [1.807, 2.05) is 42.5 Å². The number of hydrogen-bond acceptors (Lipinski definition) is 3. The van der Waals surface area contributed by atoms with Crippen molar-refractivity contribution in [1.29, 1.82) is 0 Å². The van der Waals surface area contributed by atoms with Crippen LogP contribution in [0.15, 0.2) is 51.4 Å². The second-order valence-electron chi connectivity index (χ2n) is 4.33. The van der Waals surface area contributed by atoms with Gasteiger partial charge in [0.2, 0.25) is 0 Å². The Balaban J connectivity index is 2.21. The molecule has 3 aromatic rings. The highest BCUT2D eigenvalue weighted by Crippen LogP contribution is 2.34. The SMILES string of the molecule is COc1ccc(-c2oc3ccc(Br)cc3c2C=O)cc1. The minimum absolute atomic E-state index is 0.562. The Bertz CT molecular complexity index is 772. The second-order valence-corrected chi connectivity index (χ2v) is 5.25. The molecule has 0 aliphatic rings. The van der Waals surface area contributed by atoms with Crippen molar-refractivity contribution in [1.82, 2.24) is 0 Å². The summed E-state index contributed by atoms with van der Waals surface area (Å²) in [6, 6.07) is 13.0. The first kappa shape index (κ1) is 12.9. The number of fused-ring (bicyclic) bond motifs is 1. The quantitative estimate of drug-likeness (QED) is 0.654. The van der Waals surface area contributed by atoms with Gasteiger partial charge in [0.25, 0.3) is 0 Å². The molecule has 0 spiro atoms. The van der Waals surface area contributed by atoms with E-state index in [9.17, 15) is 4.79 Å². The monoisotopic (exact) mass is 330 g/mol. The predicted molar refractivity (Wildman–Crippen MR) is 81.3 cm³/mol. The van der Waals surface area contributed by atoms with Crippen molar-refractivity contribution in [3.63, 3.8) is 0 Å². The second kappa shape index (κ2) is 5.13. The fourth-order valence-corrected chi connectivity index (χ4v) is 2.52. The maximum absolute atomic E-state index is 11.4. The highest BCUT2D eigenvalue weighted by molar-refractivity contribution is 9.10. The zero-order valence-electron chi connectivity index (χ0n) is 10.7. The topological polar surface area (TPSA) is 39.4 Å². The number of aldehydes is 1. The molecular weight excluding hydrogens is 320 g/mol. The standard InChI is InChI=1S/C16H11BrO3/c1-19-12-5-2-10(3-6-12)16-14(9-18)13-8-11(17)4-7-15(13)20-16/h2-9H,1H3. The highest BCUT2D eigenvalue weighted by Gasteiger charge is 2.15. The molecule has 0 saturated heterocycles. The number of halogens is 1. The van der Waals surface area contributed by atoms with E-state index >= 15 is 0 Å². The normalized spacial score (nSPS) is 10.7. The fraction of sp³-hybridized carbons (Fsp3) is 0.0625. The van der Waals surface area contributed by atoms with E-state index in [0.29, 0.717) is 16.9 Å². The van der Waals surface area contributed by atoms with Crippen LogP contribution < -0.4 is 4.74 Å². The van der Waals surface area contributed by atoms with Crippen LogP contribution in [-0.2, 0) is 0 Å². The Morgan fingerprint density at radius 3 is 2.55 bits per heavy atom. The third-order valence-electron chi connectivity index (χ3n) is 3.16. The molecular formula is C16H11BrO3. The van der Waals surface area contributed by atoms with Crippen LogP contribution in [0.2, 0.25) is 0 Å². The summed E-state index contributed by atoms with van der Waals surface area (Å²) >= 11 is 3.41. The van der Waals surface area contributed by atoms with Crippen molar-refractivity contribution in [2.24, 2.45) is 0 Å². The number of methoxy groups -OCH3 is 1. The summed E-state index contributed by atoms with van der Waals surface area (Å²) in [5, 5.41) is 0.806. The molecule has 0 radical (unpaired) electrons. The number of benzene rings is 2. The van der Waals surface area contributed by atoms with Crippen molar-refractivity contribution in [3.8, 4) is 17.1 Å². The van der Waals surface area contributed by atoms with E-state index in [1.54, 1.807) is 7.11 Å². The summed E-state index contributed by atoms with van der Waals surface area (Å²) in [5.74, 6) is 1.34. The minimum atomic E-state index is 0.562. The van der Waals surface area contributed by atoms with Crippen LogP contribution in [-0.4, -0.2) is 13.4 Å². The van der Waals surface area contributed by atoms with Gasteiger partial charge >= 0.3 is 0 Å². The molecule has 0 aliphatic heterocycles. The lowest BCUT2D eigenvalue weighted by Gasteiger charge is -2.01. The maximum atomic E-state index is 11.4. The van der Waals surface area contributed by atoms with Gasteiger partial charge in [-0.25, -0.2) is 0 Å². The van der Waals surface area contributed by atoms with Crippen molar-refractivity contribution in [3.05, 3.63) is 52.5 Å². The molecule has 1 aromatic heterocycles. The zero-order chi connectivity index (χ0) is 14.1. The molecule has 0 fully saturated rings. The fourth-order valence-electron chi connectivity index (χ4n) is 2.16. The van der Waals surface area contributed by atoms with E-state index in [-0.39, 0.29) is 0 Å². The van der Waals surface area contributed by atoms with E-state index in [4.69, 9.17) is 9.15 Å². The van der Waals surface area contributed by atoms with Gasteiger partial charge < -0.3 is 9.15 Å². The molecule has 1 heterocycles. The first-order valence-electron chi connectivity index (χ1n) is 6.04. The van der Waals surface area contributed by atoms with Crippen molar-refractivity contribution in [2.45, 2.75) is 0 Å². The van der Waals surface area contributed by atoms with Gasteiger partial charge in [0.05, 0.1) is 12.7 Å². The van der Waals surface area contributed by atoms with Crippen LogP contribution in [0.3, 0.4) is 0 Å². The highest BCUT2D eigenvalue weighted by atomic mass is 79.9. The van der Waals surface area contributed by atoms with Crippen molar-refractivity contribution < 1.29 is 13.9 Å². The van der Waals surface area contributed by atoms with Gasteiger partial charge in [-0.3, -0.25) is 4.79 Å². The molecule has 0 bridgehead atoms. The zero-order valence-corrected chi connectivity index (χ0v) is 12.3. The van der Waals surface area contributed by atoms with Gasteiger partial charge in [0.15, 0.2) is 6.29 Å². The number of ether oxygens (including phenoxy) is 1.